The number of carbonyl (C=O) groups excluding carboxylic acids is 1. The van der Waals surface area contributed by atoms with Crippen LogP contribution in [0.2, 0.25) is 0 Å². The molecule has 3 rings (SSSR count). The Balaban J connectivity index is 2.07. The fourth-order valence-corrected chi connectivity index (χ4v) is 4.33. The number of sulfonamides is 1. The Kier molecular flexibility index (Phi) is 6.68. The van der Waals surface area contributed by atoms with E-state index in [0.717, 1.165) is 5.56 Å². The highest BCUT2D eigenvalue weighted by molar-refractivity contribution is 7.93. The van der Waals surface area contributed by atoms with Crippen LogP contribution < -0.4 is 19.5 Å². The molecular formula is C22H21N3O5S. The van der Waals surface area contributed by atoms with E-state index in [-0.39, 0.29) is 10.6 Å². The predicted octanol–water partition coefficient (Wildman–Crippen LogP) is 2.18. The minimum Gasteiger partial charge on any atom is -0.619 e. The molecule has 0 radical (unpaired) electrons. The van der Waals surface area contributed by atoms with Crippen LogP contribution in [0, 0.1) is 5.21 Å². The molecule has 0 atom stereocenters. The van der Waals surface area contributed by atoms with Gasteiger partial charge in [-0.05, 0) is 41.5 Å². The van der Waals surface area contributed by atoms with Crippen molar-refractivity contribution in [3.63, 3.8) is 0 Å². The normalized spacial score (nSPS) is 11.4. The number of nitrogens with two attached hydrogens (primary N) is 1. The summed E-state index contributed by atoms with van der Waals surface area (Å²) < 4.78 is 33.1. The van der Waals surface area contributed by atoms with Crippen molar-refractivity contribution in [3.05, 3.63) is 89.4 Å². The summed E-state index contributed by atoms with van der Waals surface area (Å²) in [6.45, 7) is -0.490. The number of rotatable bonds is 7. The van der Waals surface area contributed by atoms with Crippen LogP contribution in [0.15, 0.2) is 78.0 Å². The second kappa shape index (κ2) is 9.41. The van der Waals surface area contributed by atoms with Gasteiger partial charge in [-0.2, -0.15) is 4.73 Å². The van der Waals surface area contributed by atoms with Gasteiger partial charge in [0.25, 0.3) is 15.9 Å². The summed E-state index contributed by atoms with van der Waals surface area (Å²) in [6, 6.07) is 15.5. The molecule has 0 saturated heterocycles. The summed E-state index contributed by atoms with van der Waals surface area (Å²) >= 11 is 0. The van der Waals surface area contributed by atoms with Gasteiger partial charge in [0.1, 0.15) is 5.75 Å². The first-order valence-electron chi connectivity index (χ1n) is 9.25. The Morgan fingerprint density at radius 3 is 2.32 bits per heavy atom. The van der Waals surface area contributed by atoms with Crippen molar-refractivity contribution >= 4 is 33.8 Å². The van der Waals surface area contributed by atoms with Gasteiger partial charge < -0.3 is 15.7 Å². The summed E-state index contributed by atoms with van der Waals surface area (Å²) in [6.07, 6.45) is 6.08. The van der Waals surface area contributed by atoms with Gasteiger partial charge in [0.05, 0.1) is 24.2 Å². The summed E-state index contributed by atoms with van der Waals surface area (Å²) in [7, 11) is -2.76. The third-order valence-corrected chi connectivity index (χ3v) is 6.19. The Morgan fingerprint density at radius 2 is 1.71 bits per heavy atom. The number of hydrogen-bond acceptors (Lipinski definition) is 6. The van der Waals surface area contributed by atoms with Crippen molar-refractivity contribution in [2.24, 2.45) is 5.73 Å². The molecule has 9 heteroatoms. The molecule has 1 heterocycles. The third-order valence-electron chi connectivity index (χ3n) is 4.44. The fraction of sp³-hybridized carbons (Fsp3) is 0.0909. The van der Waals surface area contributed by atoms with Crippen molar-refractivity contribution < 1.29 is 22.7 Å². The topological polar surface area (TPSA) is 117 Å². The van der Waals surface area contributed by atoms with E-state index in [1.807, 2.05) is 0 Å². The number of amides is 1. The molecular weight excluding hydrogens is 418 g/mol. The highest BCUT2D eigenvalue weighted by Gasteiger charge is 2.31. The maximum atomic E-state index is 13.3. The van der Waals surface area contributed by atoms with Crippen LogP contribution in [-0.4, -0.2) is 28.0 Å². The molecule has 0 aliphatic rings. The number of hydrogen-bond donors (Lipinski definition) is 1. The molecule has 31 heavy (non-hydrogen) atoms. The number of benzene rings is 2. The first-order chi connectivity index (χ1) is 14.9. The van der Waals surface area contributed by atoms with Crippen molar-refractivity contribution in [3.8, 4) is 5.75 Å². The van der Waals surface area contributed by atoms with Crippen LogP contribution in [0.1, 0.15) is 11.1 Å². The largest absolute Gasteiger partial charge is 0.619 e. The average molecular weight is 439 g/mol. The Hall–Kier alpha value is -3.69. The first kappa shape index (κ1) is 22.0. The summed E-state index contributed by atoms with van der Waals surface area (Å²) in [5.74, 6) is -0.287. The molecule has 2 aromatic carbocycles. The molecule has 1 aromatic heterocycles. The number of ether oxygens (including phenoxy) is 1. The quantitative estimate of drug-likeness (QED) is 0.445. The Morgan fingerprint density at radius 1 is 1.06 bits per heavy atom. The minimum absolute atomic E-state index is 0.0723. The zero-order valence-corrected chi connectivity index (χ0v) is 17.5. The molecule has 0 saturated carbocycles. The highest BCUT2D eigenvalue weighted by atomic mass is 32.2. The lowest BCUT2D eigenvalue weighted by molar-refractivity contribution is -0.605. The summed E-state index contributed by atoms with van der Waals surface area (Å²) in [5.41, 5.74) is 6.92. The second-order valence-corrected chi connectivity index (χ2v) is 8.21. The molecule has 0 spiro atoms. The van der Waals surface area contributed by atoms with Gasteiger partial charge in [0, 0.05) is 12.1 Å². The third kappa shape index (κ3) is 4.90. The summed E-state index contributed by atoms with van der Waals surface area (Å²) in [4.78, 5) is 12.6. The van der Waals surface area contributed by atoms with E-state index in [2.05, 4.69) is 0 Å². The molecule has 8 nitrogen and oxygen atoms in total. The van der Waals surface area contributed by atoms with Crippen LogP contribution >= 0.6 is 0 Å². The zero-order chi connectivity index (χ0) is 22.4. The number of para-hydroxylation sites is 1. The first-order valence-corrected chi connectivity index (χ1v) is 10.7. The molecule has 0 bridgehead atoms. The van der Waals surface area contributed by atoms with Gasteiger partial charge in [0.2, 0.25) is 0 Å². The molecule has 0 aliphatic carbocycles. The van der Waals surface area contributed by atoms with Gasteiger partial charge in [-0.1, -0.05) is 30.4 Å². The SMILES string of the molecule is COc1ccc(S(=O)(=O)N(C(=O)CN)c2ccccc2/C=C/c2cc[n+]([O-])cc2)cc1. The minimum atomic E-state index is -4.23. The maximum Gasteiger partial charge on any atom is 0.270 e. The van der Waals surface area contributed by atoms with Crippen molar-refractivity contribution in [1.29, 1.82) is 0 Å². The average Bonchev–Trinajstić information content (AvgIpc) is 2.79. The monoisotopic (exact) mass is 439 g/mol. The van der Waals surface area contributed by atoms with Crippen molar-refractivity contribution in [2.45, 2.75) is 4.90 Å². The molecule has 3 aromatic rings. The fourth-order valence-electron chi connectivity index (χ4n) is 2.87. The number of anilines is 1. The Bertz CT molecular complexity index is 1190. The number of carbonyl (C=O) groups is 1. The van der Waals surface area contributed by atoms with Crippen molar-refractivity contribution in [1.82, 2.24) is 0 Å². The lowest BCUT2D eigenvalue weighted by Gasteiger charge is -2.24. The molecule has 160 valence electrons. The molecule has 0 unspecified atom stereocenters. The lowest BCUT2D eigenvalue weighted by atomic mass is 10.1. The van der Waals surface area contributed by atoms with Gasteiger partial charge in [0.15, 0.2) is 12.4 Å². The number of nitrogens with zero attached hydrogens (tertiary/aromatic N) is 2. The van der Waals surface area contributed by atoms with E-state index >= 15 is 0 Å². The van der Waals surface area contributed by atoms with Crippen LogP contribution in [0.4, 0.5) is 5.69 Å². The van der Waals surface area contributed by atoms with E-state index in [1.165, 1.54) is 49.8 Å². The van der Waals surface area contributed by atoms with Crippen LogP contribution in [-0.2, 0) is 14.8 Å². The second-order valence-electron chi connectivity index (χ2n) is 6.43. The van der Waals surface area contributed by atoms with E-state index in [9.17, 15) is 18.4 Å². The standard InChI is InChI=1S/C22H21N3O5S/c1-30-19-8-10-20(11-9-19)31(28,29)25(22(26)16-23)21-5-3-2-4-18(21)7-6-17-12-14-24(27)15-13-17/h2-15H,16,23H2,1H3/b7-6+. The van der Waals surface area contributed by atoms with Gasteiger partial charge in [-0.15, -0.1) is 0 Å². The van der Waals surface area contributed by atoms with Crippen molar-refractivity contribution in [2.75, 3.05) is 18.0 Å². The van der Waals surface area contributed by atoms with Crippen LogP contribution in [0.5, 0.6) is 5.75 Å². The number of aromatic nitrogens is 1. The van der Waals surface area contributed by atoms with E-state index in [1.54, 1.807) is 42.5 Å². The molecule has 1 amide bonds. The van der Waals surface area contributed by atoms with Gasteiger partial charge >= 0.3 is 0 Å². The van der Waals surface area contributed by atoms with E-state index in [0.29, 0.717) is 20.3 Å². The van der Waals surface area contributed by atoms with E-state index in [4.69, 9.17) is 10.5 Å². The number of pyridine rings is 1. The molecule has 2 N–H and O–H groups in total. The van der Waals surface area contributed by atoms with Gasteiger partial charge in [-0.3, -0.25) is 4.79 Å². The highest BCUT2D eigenvalue weighted by Crippen LogP contribution is 2.29. The van der Waals surface area contributed by atoms with Crippen LogP contribution in [0.25, 0.3) is 12.2 Å². The molecule has 0 aliphatic heterocycles. The maximum absolute atomic E-state index is 13.3. The zero-order valence-electron chi connectivity index (χ0n) is 16.7. The predicted molar refractivity (Wildman–Crippen MR) is 117 cm³/mol. The lowest BCUT2D eigenvalue weighted by Crippen LogP contribution is -2.41. The van der Waals surface area contributed by atoms with E-state index < -0.39 is 22.5 Å². The number of methoxy groups -OCH3 is 1. The molecule has 0 fully saturated rings. The van der Waals surface area contributed by atoms with Crippen LogP contribution in [0.3, 0.4) is 0 Å². The van der Waals surface area contributed by atoms with Gasteiger partial charge in [-0.25, -0.2) is 12.7 Å². The smallest absolute Gasteiger partial charge is 0.270 e. The Labute approximate surface area is 180 Å². The summed E-state index contributed by atoms with van der Waals surface area (Å²) in [5, 5.41) is 11.2.